The number of carbonyl (C=O) groups excluding carboxylic acids is 3. The van der Waals surface area contributed by atoms with Crippen molar-refractivity contribution in [2.75, 3.05) is 12.3 Å². The average molecular weight is 506 g/mol. The van der Waals surface area contributed by atoms with Gasteiger partial charge in [-0.3, -0.25) is 19.3 Å². The number of amidine groups is 2. The molecule has 0 aromatic heterocycles. The Hall–Kier alpha value is -3.46. The van der Waals surface area contributed by atoms with Crippen molar-refractivity contribution in [1.29, 1.82) is 0 Å². The van der Waals surface area contributed by atoms with Gasteiger partial charge in [-0.15, -0.1) is 0 Å². The molecule has 3 amide bonds. The molecule has 2 aliphatic heterocycles. The van der Waals surface area contributed by atoms with Gasteiger partial charge in [0, 0.05) is 24.6 Å². The predicted octanol–water partition coefficient (Wildman–Crippen LogP) is 3.43. The van der Waals surface area contributed by atoms with Gasteiger partial charge in [0.15, 0.2) is 5.17 Å². The van der Waals surface area contributed by atoms with Crippen LogP contribution in [0, 0.1) is 0 Å². The highest BCUT2D eigenvalue weighted by Gasteiger charge is 2.41. The van der Waals surface area contributed by atoms with Crippen molar-refractivity contribution in [1.82, 2.24) is 15.5 Å². The molecule has 8 nitrogen and oxygen atoms in total. The Kier molecular flexibility index (Phi) is 8.53. The first kappa shape index (κ1) is 25.6. The minimum Gasteiger partial charge on any atom is -0.356 e. The van der Waals surface area contributed by atoms with E-state index in [4.69, 9.17) is 4.99 Å². The highest BCUT2D eigenvalue weighted by atomic mass is 32.2. The molecule has 0 saturated carbocycles. The Morgan fingerprint density at radius 2 is 1.81 bits per heavy atom. The van der Waals surface area contributed by atoms with Gasteiger partial charge >= 0.3 is 0 Å². The van der Waals surface area contributed by atoms with E-state index in [0.717, 1.165) is 24.0 Å². The standard InChI is InChI=1S/C27H31N5O3S/c1-3-18(2)29-24(34)17-36-27-30-21-12-8-7-11-20(21)25-31-26(35)22(32(25)27)13-14-23(33)28-16-15-19-9-5-4-6-10-19/h4-12,18,22H,3,13-17H2,1-2H3,(H,28,33)(H,29,34). The predicted molar refractivity (Wildman–Crippen MR) is 143 cm³/mol. The fraction of sp³-hybridized carbons (Fsp3) is 0.370. The van der Waals surface area contributed by atoms with Crippen LogP contribution in [-0.4, -0.2) is 58.0 Å². The van der Waals surface area contributed by atoms with Gasteiger partial charge in [0.25, 0.3) is 5.91 Å². The number of nitrogens with one attached hydrogen (secondary N) is 2. The number of hydrogen-bond donors (Lipinski definition) is 2. The van der Waals surface area contributed by atoms with Crippen molar-refractivity contribution < 1.29 is 14.4 Å². The third-order valence-electron chi connectivity index (χ3n) is 6.18. The summed E-state index contributed by atoms with van der Waals surface area (Å²) >= 11 is 1.28. The molecule has 2 aromatic carbocycles. The van der Waals surface area contributed by atoms with Crippen molar-refractivity contribution >= 4 is 46.2 Å². The van der Waals surface area contributed by atoms with Crippen molar-refractivity contribution in [2.45, 2.75) is 51.6 Å². The van der Waals surface area contributed by atoms with E-state index >= 15 is 0 Å². The number of amides is 3. The number of nitrogens with zero attached hydrogens (tertiary/aromatic N) is 3. The summed E-state index contributed by atoms with van der Waals surface area (Å²) < 4.78 is 0. The summed E-state index contributed by atoms with van der Waals surface area (Å²) in [5.41, 5.74) is 2.64. The van der Waals surface area contributed by atoms with Crippen LogP contribution < -0.4 is 10.6 Å². The molecule has 2 atom stereocenters. The molecular formula is C27H31N5O3S. The van der Waals surface area contributed by atoms with E-state index in [1.165, 1.54) is 11.8 Å². The fourth-order valence-corrected chi connectivity index (χ4v) is 4.93. The summed E-state index contributed by atoms with van der Waals surface area (Å²) in [6, 6.07) is 16.9. The maximum absolute atomic E-state index is 12.9. The van der Waals surface area contributed by atoms with Gasteiger partial charge in [-0.2, -0.15) is 4.99 Å². The van der Waals surface area contributed by atoms with Crippen molar-refractivity contribution in [3.8, 4) is 0 Å². The molecule has 4 rings (SSSR count). The van der Waals surface area contributed by atoms with E-state index in [0.29, 0.717) is 29.7 Å². The lowest BCUT2D eigenvalue weighted by Crippen LogP contribution is -2.44. The van der Waals surface area contributed by atoms with Crippen LogP contribution in [0.2, 0.25) is 0 Å². The Morgan fingerprint density at radius 3 is 2.58 bits per heavy atom. The molecule has 0 aliphatic carbocycles. The van der Waals surface area contributed by atoms with E-state index in [9.17, 15) is 14.4 Å². The summed E-state index contributed by atoms with van der Waals surface area (Å²) in [6.07, 6.45) is 2.09. The zero-order chi connectivity index (χ0) is 25.5. The molecule has 2 heterocycles. The van der Waals surface area contributed by atoms with Crippen LogP contribution in [0.1, 0.15) is 44.2 Å². The maximum Gasteiger partial charge on any atom is 0.270 e. The summed E-state index contributed by atoms with van der Waals surface area (Å²) in [4.78, 5) is 48.7. The molecule has 0 bridgehead atoms. The van der Waals surface area contributed by atoms with Crippen molar-refractivity contribution in [3.05, 3.63) is 65.7 Å². The van der Waals surface area contributed by atoms with Gasteiger partial charge in [-0.1, -0.05) is 61.2 Å². The van der Waals surface area contributed by atoms with E-state index < -0.39 is 6.04 Å². The van der Waals surface area contributed by atoms with Crippen molar-refractivity contribution in [3.63, 3.8) is 0 Å². The minimum absolute atomic E-state index is 0.0886. The molecule has 188 valence electrons. The maximum atomic E-state index is 12.9. The zero-order valence-corrected chi connectivity index (χ0v) is 21.4. The first-order valence-electron chi connectivity index (χ1n) is 12.3. The van der Waals surface area contributed by atoms with Crippen LogP contribution in [0.3, 0.4) is 0 Å². The second-order valence-corrected chi connectivity index (χ2v) is 9.80. The molecule has 2 unspecified atom stereocenters. The van der Waals surface area contributed by atoms with Crippen LogP contribution in [0.15, 0.2) is 64.6 Å². The lowest BCUT2D eigenvalue weighted by atomic mass is 10.1. The third kappa shape index (κ3) is 6.20. The summed E-state index contributed by atoms with van der Waals surface area (Å²) in [6.45, 7) is 4.51. The molecule has 2 aliphatic rings. The Balaban J connectivity index is 1.41. The van der Waals surface area contributed by atoms with Crippen molar-refractivity contribution in [2.24, 2.45) is 9.98 Å². The normalized spacial score (nSPS) is 17.0. The largest absolute Gasteiger partial charge is 0.356 e. The summed E-state index contributed by atoms with van der Waals surface area (Å²) in [7, 11) is 0. The Morgan fingerprint density at radius 1 is 1.06 bits per heavy atom. The molecule has 0 spiro atoms. The van der Waals surface area contributed by atoms with Gasteiger partial charge in [0.05, 0.1) is 11.4 Å². The van der Waals surface area contributed by atoms with Crippen LogP contribution in [0.5, 0.6) is 0 Å². The van der Waals surface area contributed by atoms with E-state index in [-0.39, 0.29) is 35.9 Å². The lowest BCUT2D eigenvalue weighted by Gasteiger charge is -2.31. The Labute approximate surface area is 215 Å². The number of fused-ring (bicyclic) bond motifs is 3. The molecule has 9 heteroatoms. The molecule has 2 N–H and O–H groups in total. The van der Waals surface area contributed by atoms with Crippen LogP contribution >= 0.6 is 11.8 Å². The van der Waals surface area contributed by atoms with Gasteiger partial charge in [-0.05, 0) is 43.9 Å². The smallest absolute Gasteiger partial charge is 0.270 e. The number of hydrogen-bond acceptors (Lipinski definition) is 6. The molecule has 0 radical (unpaired) electrons. The van der Waals surface area contributed by atoms with Crippen LogP contribution in [-0.2, 0) is 20.8 Å². The van der Waals surface area contributed by atoms with E-state index in [1.54, 1.807) is 4.90 Å². The first-order chi connectivity index (χ1) is 17.5. The molecule has 0 saturated heterocycles. The topological polar surface area (TPSA) is 103 Å². The second kappa shape index (κ2) is 12.0. The monoisotopic (exact) mass is 505 g/mol. The molecule has 36 heavy (non-hydrogen) atoms. The number of benzene rings is 2. The van der Waals surface area contributed by atoms with Crippen LogP contribution in [0.25, 0.3) is 0 Å². The van der Waals surface area contributed by atoms with Gasteiger partial charge < -0.3 is 10.6 Å². The highest BCUT2D eigenvalue weighted by Crippen LogP contribution is 2.35. The number of rotatable bonds is 10. The lowest BCUT2D eigenvalue weighted by molar-refractivity contribution is -0.122. The molecule has 0 fully saturated rings. The molecular weight excluding hydrogens is 474 g/mol. The number of aliphatic imine (C=N–C) groups is 2. The first-order valence-corrected chi connectivity index (χ1v) is 13.3. The number of carbonyl (C=O) groups is 3. The highest BCUT2D eigenvalue weighted by molar-refractivity contribution is 8.14. The number of para-hydroxylation sites is 1. The zero-order valence-electron chi connectivity index (χ0n) is 20.6. The van der Waals surface area contributed by atoms with Gasteiger partial charge in [0.2, 0.25) is 11.8 Å². The van der Waals surface area contributed by atoms with Gasteiger partial charge in [0.1, 0.15) is 11.9 Å². The quantitative estimate of drug-likeness (QED) is 0.515. The average Bonchev–Trinajstić information content (AvgIpc) is 3.22. The second-order valence-electron chi connectivity index (χ2n) is 8.86. The Bertz CT molecular complexity index is 1180. The SMILES string of the molecule is CCC(C)NC(=O)CSC1=Nc2ccccc2C2=NC(=O)C(CCC(=O)NCCc3ccccc3)N12. The van der Waals surface area contributed by atoms with Crippen LogP contribution in [0.4, 0.5) is 5.69 Å². The summed E-state index contributed by atoms with van der Waals surface area (Å²) in [5.74, 6) is 0.217. The molecule has 2 aromatic rings. The minimum atomic E-state index is -0.628. The fourth-order valence-electron chi connectivity index (χ4n) is 4.07. The third-order valence-corrected chi connectivity index (χ3v) is 7.14. The summed E-state index contributed by atoms with van der Waals surface area (Å²) in [5, 5.41) is 6.44. The van der Waals surface area contributed by atoms with Gasteiger partial charge in [-0.25, -0.2) is 4.99 Å². The number of thioether (sulfide) groups is 1. The van der Waals surface area contributed by atoms with E-state index in [1.807, 2.05) is 68.4 Å². The van der Waals surface area contributed by atoms with E-state index in [2.05, 4.69) is 15.6 Å².